The monoisotopic (exact) mass is 737 g/mol. The molecule has 0 bridgehead atoms. The second-order valence-electron chi connectivity index (χ2n) is 9.31. The molecular formula is C29H23Br2Cl2N3O4S. The van der Waals surface area contributed by atoms with Gasteiger partial charge in [-0.25, -0.2) is 0 Å². The highest BCUT2D eigenvalue weighted by atomic mass is 79.9. The van der Waals surface area contributed by atoms with Gasteiger partial charge in [-0.05, 0) is 91.7 Å². The molecule has 2 aliphatic rings. The third-order valence-corrected chi connectivity index (χ3v) is 9.30. The van der Waals surface area contributed by atoms with Gasteiger partial charge >= 0.3 is 0 Å². The van der Waals surface area contributed by atoms with Crippen molar-refractivity contribution < 1.29 is 19.1 Å². The van der Waals surface area contributed by atoms with E-state index in [9.17, 15) is 14.4 Å². The molecule has 0 aromatic heterocycles. The number of thioether (sulfide) groups is 1. The summed E-state index contributed by atoms with van der Waals surface area (Å²) in [7, 11) is 0. The predicted octanol–water partition coefficient (Wildman–Crippen LogP) is 7.48. The second-order valence-corrected chi connectivity index (χ2v) is 12.9. The van der Waals surface area contributed by atoms with Crippen molar-refractivity contribution in [2.45, 2.75) is 6.61 Å². The van der Waals surface area contributed by atoms with Crippen molar-refractivity contribution in [3.8, 4) is 5.75 Å². The van der Waals surface area contributed by atoms with E-state index in [1.54, 1.807) is 41.3 Å². The molecule has 41 heavy (non-hydrogen) atoms. The van der Waals surface area contributed by atoms with Crippen LogP contribution < -0.4 is 9.64 Å². The van der Waals surface area contributed by atoms with Gasteiger partial charge in [0.05, 0.1) is 13.9 Å². The lowest BCUT2D eigenvalue weighted by Gasteiger charge is -2.36. The minimum absolute atomic E-state index is 0.223. The highest BCUT2D eigenvalue weighted by molar-refractivity contribution is 9.11. The van der Waals surface area contributed by atoms with E-state index in [4.69, 9.17) is 27.9 Å². The molecule has 3 aromatic rings. The van der Waals surface area contributed by atoms with Gasteiger partial charge < -0.3 is 14.5 Å². The highest BCUT2D eigenvalue weighted by Crippen LogP contribution is 2.38. The molecule has 0 radical (unpaired) electrons. The summed E-state index contributed by atoms with van der Waals surface area (Å²) in [6.07, 6.45) is 1.63. The Morgan fingerprint density at radius 1 is 0.951 bits per heavy atom. The lowest BCUT2D eigenvalue weighted by atomic mass is 10.2. The van der Waals surface area contributed by atoms with E-state index in [0.717, 1.165) is 27.9 Å². The molecule has 0 spiro atoms. The fourth-order valence-electron chi connectivity index (χ4n) is 4.47. The third kappa shape index (κ3) is 7.11. The maximum atomic E-state index is 13.1. The summed E-state index contributed by atoms with van der Waals surface area (Å²) in [6.45, 7) is 2.38. The van der Waals surface area contributed by atoms with Gasteiger partial charge in [0.15, 0.2) is 0 Å². The normalized spacial score (nSPS) is 16.6. The molecule has 5 rings (SSSR count). The van der Waals surface area contributed by atoms with Crippen molar-refractivity contribution in [3.63, 3.8) is 0 Å². The highest BCUT2D eigenvalue weighted by Gasteiger charge is 2.37. The summed E-state index contributed by atoms with van der Waals surface area (Å²) in [4.78, 5) is 43.9. The Morgan fingerprint density at radius 2 is 1.63 bits per heavy atom. The van der Waals surface area contributed by atoms with Crippen molar-refractivity contribution in [1.82, 2.24) is 9.80 Å². The van der Waals surface area contributed by atoms with E-state index < -0.39 is 11.1 Å². The van der Waals surface area contributed by atoms with E-state index in [1.807, 2.05) is 30.3 Å². The van der Waals surface area contributed by atoms with Crippen molar-refractivity contribution in [2.75, 3.05) is 37.6 Å². The van der Waals surface area contributed by atoms with Gasteiger partial charge in [-0.3, -0.25) is 19.3 Å². The number of imide groups is 1. The number of amides is 3. The van der Waals surface area contributed by atoms with Crippen molar-refractivity contribution in [1.29, 1.82) is 0 Å². The molecule has 2 fully saturated rings. The zero-order valence-electron chi connectivity index (χ0n) is 21.5. The Balaban J connectivity index is 1.21. The number of para-hydroxylation sites is 1. The summed E-state index contributed by atoms with van der Waals surface area (Å²) in [5.41, 5.74) is 2.56. The first-order chi connectivity index (χ1) is 19.7. The molecule has 2 saturated heterocycles. The van der Waals surface area contributed by atoms with Crippen LogP contribution in [0.5, 0.6) is 5.75 Å². The average molecular weight is 740 g/mol. The van der Waals surface area contributed by atoms with Crippen LogP contribution in [0.4, 0.5) is 10.5 Å². The van der Waals surface area contributed by atoms with Crippen LogP contribution >= 0.6 is 66.8 Å². The maximum Gasteiger partial charge on any atom is 0.294 e. The summed E-state index contributed by atoms with van der Waals surface area (Å²) >= 11 is 20.1. The van der Waals surface area contributed by atoms with Crippen LogP contribution in [-0.2, 0) is 16.2 Å². The molecule has 2 heterocycles. The van der Waals surface area contributed by atoms with E-state index in [0.29, 0.717) is 56.5 Å². The van der Waals surface area contributed by atoms with E-state index in [-0.39, 0.29) is 24.0 Å². The maximum absolute atomic E-state index is 13.1. The van der Waals surface area contributed by atoms with Crippen LogP contribution in [0.3, 0.4) is 0 Å². The van der Waals surface area contributed by atoms with E-state index in [1.165, 1.54) is 0 Å². The second kappa shape index (κ2) is 13.2. The number of benzene rings is 3. The number of piperazine rings is 1. The number of rotatable bonds is 7. The van der Waals surface area contributed by atoms with Gasteiger partial charge in [-0.2, -0.15) is 0 Å². The van der Waals surface area contributed by atoms with Crippen LogP contribution in [0, 0.1) is 0 Å². The fraction of sp³-hybridized carbons (Fsp3) is 0.207. The molecule has 0 atom stereocenters. The number of ether oxygens (including phenoxy) is 1. The predicted molar refractivity (Wildman–Crippen MR) is 171 cm³/mol. The van der Waals surface area contributed by atoms with Gasteiger partial charge in [-0.1, -0.05) is 47.5 Å². The SMILES string of the molecule is O=C(CN1C(=O)S/C(=C/c2cc(Br)c(OCc3ccc(Cl)cc3Cl)c(Br)c2)C1=O)N1CCN(c2ccccc2)CC1. The summed E-state index contributed by atoms with van der Waals surface area (Å²) in [6, 6.07) is 18.8. The lowest BCUT2D eigenvalue weighted by molar-refractivity contribution is -0.136. The molecule has 3 amide bonds. The van der Waals surface area contributed by atoms with Gasteiger partial charge in [0.25, 0.3) is 11.1 Å². The van der Waals surface area contributed by atoms with Crippen LogP contribution in [0.15, 0.2) is 74.5 Å². The largest absolute Gasteiger partial charge is 0.486 e. The minimum Gasteiger partial charge on any atom is -0.486 e. The van der Waals surface area contributed by atoms with Crippen LogP contribution in [0.25, 0.3) is 6.08 Å². The standard InChI is InChI=1S/C29H23Br2Cl2N3O4S/c30-22-12-18(13-23(31)27(22)40-17-19-6-7-20(32)15-24(19)33)14-25-28(38)36(29(39)41-25)16-26(37)35-10-8-34(9-11-35)21-4-2-1-3-5-21/h1-7,12-15H,8-11,16-17H2/b25-14+. The summed E-state index contributed by atoms with van der Waals surface area (Å²) < 4.78 is 7.26. The van der Waals surface area contributed by atoms with Gasteiger partial charge in [0, 0.05) is 47.5 Å². The van der Waals surface area contributed by atoms with Crippen LogP contribution in [-0.4, -0.2) is 59.6 Å². The smallest absolute Gasteiger partial charge is 0.294 e. The summed E-state index contributed by atoms with van der Waals surface area (Å²) in [5.74, 6) is -0.172. The zero-order valence-corrected chi connectivity index (χ0v) is 27.0. The Labute approximate surface area is 268 Å². The van der Waals surface area contributed by atoms with Gasteiger partial charge in [0.2, 0.25) is 5.91 Å². The number of nitrogens with zero attached hydrogens (tertiary/aromatic N) is 3. The first-order valence-corrected chi connectivity index (χ1v) is 15.7. The number of carbonyl (C=O) groups is 3. The first kappa shape index (κ1) is 30.0. The Bertz CT molecular complexity index is 1510. The quantitative estimate of drug-likeness (QED) is 0.234. The van der Waals surface area contributed by atoms with Crippen molar-refractivity contribution in [3.05, 3.63) is 95.7 Å². The Morgan fingerprint density at radius 3 is 2.29 bits per heavy atom. The first-order valence-electron chi connectivity index (χ1n) is 12.6. The third-order valence-electron chi connectivity index (χ3n) is 6.63. The molecule has 212 valence electrons. The van der Waals surface area contributed by atoms with Crippen molar-refractivity contribution in [2.24, 2.45) is 0 Å². The average Bonchev–Trinajstić information content (AvgIpc) is 3.21. The molecule has 7 nitrogen and oxygen atoms in total. The van der Waals surface area contributed by atoms with Crippen LogP contribution in [0.2, 0.25) is 10.0 Å². The minimum atomic E-state index is -0.485. The van der Waals surface area contributed by atoms with Crippen molar-refractivity contribution >= 4 is 95.6 Å². The molecular weight excluding hydrogens is 717 g/mol. The molecule has 0 saturated carbocycles. The number of hydrogen-bond donors (Lipinski definition) is 0. The lowest BCUT2D eigenvalue weighted by Crippen LogP contribution is -2.51. The zero-order chi connectivity index (χ0) is 29.1. The molecule has 2 aliphatic heterocycles. The molecule has 0 unspecified atom stereocenters. The van der Waals surface area contributed by atoms with Gasteiger partial charge in [-0.15, -0.1) is 0 Å². The van der Waals surface area contributed by atoms with E-state index in [2.05, 4.69) is 36.8 Å². The molecule has 12 heteroatoms. The number of carbonyl (C=O) groups excluding carboxylic acids is 3. The number of anilines is 1. The Kier molecular flexibility index (Phi) is 9.66. The Hall–Kier alpha value is -2.50. The fourth-order valence-corrected chi connectivity index (χ4v) is 7.22. The van der Waals surface area contributed by atoms with Crippen LogP contribution in [0.1, 0.15) is 11.1 Å². The number of halogens is 4. The molecule has 3 aromatic carbocycles. The van der Waals surface area contributed by atoms with Gasteiger partial charge in [0.1, 0.15) is 18.9 Å². The number of hydrogen-bond acceptors (Lipinski definition) is 6. The topological polar surface area (TPSA) is 70.2 Å². The molecule has 0 N–H and O–H groups in total. The van der Waals surface area contributed by atoms with E-state index >= 15 is 0 Å². The molecule has 0 aliphatic carbocycles. The summed E-state index contributed by atoms with van der Waals surface area (Å²) in [5, 5.41) is 0.585.